The molecule has 2 fully saturated rings. The van der Waals surface area contributed by atoms with Gasteiger partial charge < -0.3 is 33.6 Å². The lowest BCUT2D eigenvalue weighted by molar-refractivity contribution is -0.155. The summed E-state index contributed by atoms with van der Waals surface area (Å²) in [6.45, 7) is 3.28. The number of anilines is 2. The molecule has 0 radical (unpaired) electrons. The molecule has 2 saturated heterocycles. The molecule has 2 aromatic carbocycles. The topological polar surface area (TPSA) is 97.9 Å². The highest BCUT2D eigenvalue weighted by Gasteiger charge is 2.37. The van der Waals surface area contributed by atoms with Gasteiger partial charge in [0.2, 0.25) is 5.91 Å². The molecule has 3 aliphatic rings. The molecule has 0 N–H and O–H groups in total. The molecule has 10 nitrogen and oxygen atoms in total. The van der Waals surface area contributed by atoms with Gasteiger partial charge in [0.1, 0.15) is 19.0 Å². The quantitative estimate of drug-likeness (QED) is 0.559. The van der Waals surface area contributed by atoms with Crippen LogP contribution in [0.25, 0.3) is 0 Å². The smallest absolute Gasteiger partial charge is 0.311 e. The SMILES string of the molecule is COc1ccc(N2CCN(C(=O)COC(=O)C3CC(=O)N(c4ccc5c(c4)OCCO5)C3)CC2)cc1. The number of carbonyl (C=O) groups is 3. The zero-order valence-electron chi connectivity index (χ0n) is 20.2. The monoisotopic (exact) mass is 495 g/mol. The van der Waals surface area contributed by atoms with E-state index in [1.165, 1.54) is 0 Å². The third kappa shape index (κ3) is 5.02. The van der Waals surface area contributed by atoms with Gasteiger partial charge in [0.05, 0.1) is 13.0 Å². The molecular formula is C26H29N3O7. The van der Waals surface area contributed by atoms with Crippen LogP contribution < -0.4 is 24.0 Å². The Balaban J connectivity index is 1.09. The maximum atomic E-state index is 12.6. The number of methoxy groups -OCH3 is 1. The first-order chi connectivity index (χ1) is 17.5. The predicted molar refractivity (Wildman–Crippen MR) is 131 cm³/mol. The minimum absolute atomic E-state index is 0.0437. The standard InChI is InChI=1S/C26H29N3O7/c1-33-21-5-2-19(3-6-21)27-8-10-28(11-9-27)25(31)17-36-26(32)18-14-24(30)29(16-18)20-4-7-22-23(15-20)35-13-12-34-22/h2-7,15,18H,8-14,16-17H2,1H3. The lowest BCUT2D eigenvalue weighted by atomic mass is 10.1. The molecule has 0 aliphatic carbocycles. The Morgan fingerprint density at radius 1 is 0.944 bits per heavy atom. The largest absolute Gasteiger partial charge is 0.497 e. The van der Waals surface area contributed by atoms with E-state index in [-0.39, 0.29) is 31.4 Å². The minimum atomic E-state index is -0.620. The number of hydrogen-bond acceptors (Lipinski definition) is 8. The van der Waals surface area contributed by atoms with Crippen molar-refractivity contribution in [3.63, 3.8) is 0 Å². The van der Waals surface area contributed by atoms with Gasteiger partial charge in [-0.05, 0) is 36.4 Å². The summed E-state index contributed by atoms with van der Waals surface area (Å²) in [6.07, 6.45) is 0.0437. The minimum Gasteiger partial charge on any atom is -0.497 e. The summed E-state index contributed by atoms with van der Waals surface area (Å²) in [4.78, 5) is 43.3. The number of ether oxygens (including phenoxy) is 4. The average Bonchev–Trinajstić information content (AvgIpc) is 3.33. The molecule has 10 heteroatoms. The summed E-state index contributed by atoms with van der Waals surface area (Å²) >= 11 is 0. The molecule has 0 saturated carbocycles. The molecule has 2 aromatic rings. The van der Waals surface area contributed by atoms with Crippen molar-refractivity contribution in [2.75, 3.05) is 69.5 Å². The highest BCUT2D eigenvalue weighted by Crippen LogP contribution is 2.36. The van der Waals surface area contributed by atoms with Crippen LogP contribution >= 0.6 is 0 Å². The lowest BCUT2D eigenvalue weighted by Crippen LogP contribution is -2.50. The fourth-order valence-corrected chi connectivity index (χ4v) is 4.66. The first kappa shape index (κ1) is 23.8. The van der Waals surface area contributed by atoms with Gasteiger partial charge in [0, 0.05) is 56.6 Å². The van der Waals surface area contributed by atoms with Crippen molar-refractivity contribution in [1.29, 1.82) is 0 Å². The Kier molecular flexibility index (Phi) is 6.84. The summed E-state index contributed by atoms with van der Waals surface area (Å²) in [5, 5.41) is 0. The number of hydrogen-bond donors (Lipinski definition) is 0. The van der Waals surface area contributed by atoms with Crippen LogP contribution in [0.4, 0.5) is 11.4 Å². The Hall–Kier alpha value is -3.95. The van der Waals surface area contributed by atoms with Crippen molar-refractivity contribution in [2.45, 2.75) is 6.42 Å². The molecular weight excluding hydrogens is 466 g/mol. The number of amides is 2. The van der Waals surface area contributed by atoms with E-state index < -0.39 is 11.9 Å². The molecule has 1 unspecified atom stereocenters. The molecule has 3 heterocycles. The van der Waals surface area contributed by atoms with Crippen molar-refractivity contribution >= 4 is 29.2 Å². The van der Waals surface area contributed by atoms with Crippen molar-refractivity contribution in [3.8, 4) is 17.2 Å². The van der Waals surface area contributed by atoms with Crippen LogP contribution in [0.5, 0.6) is 17.2 Å². The first-order valence-electron chi connectivity index (χ1n) is 12.1. The molecule has 3 aliphatic heterocycles. The van der Waals surface area contributed by atoms with Crippen LogP contribution in [0.1, 0.15) is 6.42 Å². The summed E-state index contributed by atoms with van der Waals surface area (Å²) in [7, 11) is 1.63. The molecule has 36 heavy (non-hydrogen) atoms. The van der Waals surface area contributed by atoms with Gasteiger partial charge >= 0.3 is 5.97 Å². The number of rotatable bonds is 6. The van der Waals surface area contributed by atoms with Crippen LogP contribution in [-0.2, 0) is 19.1 Å². The molecule has 0 aromatic heterocycles. The first-order valence-corrected chi connectivity index (χ1v) is 12.1. The predicted octanol–water partition coefficient (Wildman–Crippen LogP) is 1.71. The van der Waals surface area contributed by atoms with E-state index in [1.54, 1.807) is 35.1 Å². The van der Waals surface area contributed by atoms with Crippen molar-refractivity contribution in [2.24, 2.45) is 5.92 Å². The number of fused-ring (bicyclic) bond motifs is 1. The summed E-state index contributed by atoms with van der Waals surface area (Å²) in [5.74, 6) is 0.457. The van der Waals surface area contributed by atoms with E-state index in [2.05, 4.69) is 4.90 Å². The van der Waals surface area contributed by atoms with E-state index in [4.69, 9.17) is 18.9 Å². The molecule has 0 bridgehead atoms. The van der Waals surface area contributed by atoms with E-state index >= 15 is 0 Å². The highest BCUT2D eigenvalue weighted by molar-refractivity contribution is 6.00. The second-order valence-electron chi connectivity index (χ2n) is 8.91. The van der Waals surface area contributed by atoms with E-state index in [0.29, 0.717) is 56.6 Å². The number of benzene rings is 2. The van der Waals surface area contributed by atoms with Gasteiger partial charge in [0.15, 0.2) is 18.1 Å². The molecule has 0 spiro atoms. The Bertz CT molecular complexity index is 1130. The van der Waals surface area contributed by atoms with Gasteiger partial charge in [-0.3, -0.25) is 14.4 Å². The summed E-state index contributed by atoms with van der Waals surface area (Å²) in [5.41, 5.74) is 1.72. The van der Waals surface area contributed by atoms with Gasteiger partial charge in [-0.15, -0.1) is 0 Å². The van der Waals surface area contributed by atoms with E-state index in [1.807, 2.05) is 24.3 Å². The average molecular weight is 496 g/mol. The second kappa shape index (κ2) is 10.3. The van der Waals surface area contributed by atoms with Crippen LogP contribution in [0.2, 0.25) is 0 Å². The van der Waals surface area contributed by atoms with Crippen LogP contribution in [0.15, 0.2) is 42.5 Å². The van der Waals surface area contributed by atoms with Gasteiger partial charge in [0.25, 0.3) is 5.91 Å². The van der Waals surface area contributed by atoms with Crippen LogP contribution in [0.3, 0.4) is 0 Å². The van der Waals surface area contributed by atoms with Crippen molar-refractivity contribution in [3.05, 3.63) is 42.5 Å². The van der Waals surface area contributed by atoms with Crippen LogP contribution in [-0.4, -0.2) is 82.3 Å². The van der Waals surface area contributed by atoms with Crippen molar-refractivity contribution < 1.29 is 33.3 Å². The van der Waals surface area contributed by atoms with Gasteiger partial charge in [-0.2, -0.15) is 0 Å². The van der Waals surface area contributed by atoms with Gasteiger partial charge in [-0.25, -0.2) is 0 Å². The number of carbonyl (C=O) groups excluding carboxylic acids is 3. The normalized spacial score (nSPS) is 19.3. The Morgan fingerprint density at radius 3 is 2.36 bits per heavy atom. The van der Waals surface area contributed by atoms with E-state index in [9.17, 15) is 14.4 Å². The zero-order valence-corrected chi connectivity index (χ0v) is 20.2. The number of piperazine rings is 1. The summed E-state index contributed by atoms with van der Waals surface area (Å²) < 4.78 is 21.6. The van der Waals surface area contributed by atoms with Gasteiger partial charge in [-0.1, -0.05) is 0 Å². The zero-order chi connectivity index (χ0) is 25.1. The van der Waals surface area contributed by atoms with Crippen LogP contribution in [0, 0.1) is 5.92 Å². The molecule has 2 amide bonds. The lowest BCUT2D eigenvalue weighted by Gasteiger charge is -2.36. The molecule has 190 valence electrons. The maximum absolute atomic E-state index is 12.6. The fraction of sp³-hybridized carbons (Fsp3) is 0.423. The second-order valence-corrected chi connectivity index (χ2v) is 8.91. The highest BCUT2D eigenvalue weighted by atomic mass is 16.6. The Morgan fingerprint density at radius 2 is 1.64 bits per heavy atom. The Labute approximate surface area is 209 Å². The molecule has 1 atom stereocenters. The number of esters is 1. The fourth-order valence-electron chi connectivity index (χ4n) is 4.66. The summed E-state index contributed by atoms with van der Waals surface area (Å²) in [6, 6.07) is 13.1. The van der Waals surface area contributed by atoms with E-state index in [0.717, 1.165) is 11.4 Å². The third-order valence-corrected chi connectivity index (χ3v) is 6.70. The molecule has 5 rings (SSSR count). The maximum Gasteiger partial charge on any atom is 0.311 e. The third-order valence-electron chi connectivity index (χ3n) is 6.70. The number of nitrogens with zero attached hydrogens (tertiary/aromatic N) is 3. The van der Waals surface area contributed by atoms with Crippen molar-refractivity contribution in [1.82, 2.24) is 4.90 Å².